The van der Waals surface area contributed by atoms with Crippen molar-refractivity contribution >= 4 is 5.69 Å². The maximum atomic E-state index is 2.65. The smallest absolute Gasteiger partial charge is 0.0399 e. The van der Waals surface area contributed by atoms with E-state index < -0.39 is 0 Å². The van der Waals surface area contributed by atoms with Gasteiger partial charge in [-0.05, 0) is 48.3 Å². The van der Waals surface area contributed by atoms with Crippen LogP contribution in [0.5, 0.6) is 0 Å². The van der Waals surface area contributed by atoms with E-state index in [0.29, 0.717) is 5.92 Å². The molecular weight excluding hydrogens is 230 g/mol. The van der Waals surface area contributed by atoms with E-state index in [-0.39, 0.29) is 0 Å². The molecule has 0 unspecified atom stereocenters. The van der Waals surface area contributed by atoms with Crippen LogP contribution in [-0.2, 0) is 6.42 Å². The first-order valence-corrected chi connectivity index (χ1v) is 8.12. The molecule has 1 nitrogen and oxygen atoms in total. The minimum atomic E-state index is 0.651. The van der Waals surface area contributed by atoms with Crippen molar-refractivity contribution in [2.24, 2.45) is 5.92 Å². The van der Waals surface area contributed by atoms with Gasteiger partial charge in [0.2, 0.25) is 0 Å². The summed E-state index contributed by atoms with van der Waals surface area (Å²) in [6, 6.07) is 7.16. The van der Waals surface area contributed by atoms with E-state index in [2.05, 4.69) is 36.9 Å². The van der Waals surface area contributed by atoms with Gasteiger partial charge in [-0.2, -0.15) is 0 Å². The van der Waals surface area contributed by atoms with E-state index in [9.17, 15) is 0 Å². The molecule has 3 rings (SSSR count). The molecule has 0 radical (unpaired) electrons. The van der Waals surface area contributed by atoms with E-state index in [0.717, 1.165) is 5.92 Å². The zero-order valence-electron chi connectivity index (χ0n) is 12.5. The van der Waals surface area contributed by atoms with Crippen LogP contribution in [0.1, 0.15) is 63.0 Å². The van der Waals surface area contributed by atoms with Crippen LogP contribution >= 0.6 is 0 Å². The van der Waals surface area contributed by atoms with Crippen molar-refractivity contribution in [1.29, 1.82) is 0 Å². The van der Waals surface area contributed by atoms with Crippen LogP contribution in [0.3, 0.4) is 0 Å². The van der Waals surface area contributed by atoms with E-state index >= 15 is 0 Å². The Kier molecular flexibility index (Phi) is 3.81. The van der Waals surface area contributed by atoms with Crippen molar-refractivity contribution in [3.63, 3.8) is 0 Å². The molecule has 1 heteroatoms. The summed E-state index contributed by atoms with van der Waals surface area (Å²) in [4.78, 5) is 2.65. The van der Waals surface area contributed by atoms with Crippen LogP contribution in [-0.4, -0.2) is 13.1 Å². The van der Waals surface area contributed by atoms with Crippen molar-refractivity contribution < 1.29 is 0 Å². The van der Waals surface area contributed by atoms with Gasteiger partial charge in [0.25, 0.3) is 0 Å². The topological polar surface area (TPSA) is 3.24 Å². The van der Waals surface area contributed by atoms with Gasteiger partial charge in [0.05, 0.1) is 0 Å². The fraction of sp³-hybridized carbons (Fsp3) is 0.667. The van der Waals surface area contributed by atoms with Crippen LogP contribution in [0.15, 0.2) is 18.2 Å². The molecule has 0 aromatic heterocycles. The zero-order chi connectivity index (χ0) is 13.2. The Morgan fingerprint density at radius 3 is 2.68 bits per heavy atom. The van der Waals surface area contributed by atoms with Crippen LogP contribution in [0.25, 0.3) is 0 Å². The zero-order valence-corrected chi connectivity index (χ0v) is 12.5. The molecule has 1 heterocycles. The van der Waals surface area contributed by atoms with E-state index in [1.807, 2.05) is 0 Å². The lowest BCUT2D eigenvalue weighted by Gasteiger charge is -2.28. The normalized spacial score (nSPS) is 20.1. The molecule has 1 aliphatic heterocycles. The second-order valence-electron chi connectivity index (χ2n) is 6.74. The molecule has 0 amide bonds. The molecule has 1 aromatic carbocycles. The summed E-state index contributed by atoms with van der Waals surface area (Å²) in [6.07, 6.45) is 8.54. The third-order valence-corrected chi connectivity index (χ3v) is 4.97. The lowest BCUT2D eigenvalue weighted by molar-refractivity contribution is 0.360. The molecular formula is C18H27N. The molecule has 104 valence electrons. The van der Waals surface area contributed by atoms with Gasteiger partial charge >= 0.3 is 0 Å². The number of hydrogen-bond donors (Lipinski definition) is 0. The first-order valence-electron chi connectivity index (χ1n) is 8.12. The fourth-order valence-corrected chi connectivity index (χ4v) is 3.72. The standard InChI is InChI=1S/C18H27N/c1-14(2)16-8-9-18-17(12-16)10-11-19(18)13-15-6-4-3-5-7-15/h8-9,12,14-15H,3-7,10-11,13H2,1-2H3. The summed E-state index contributed by atoms with van der Waals surface area (Å²) in [5.74, 6) is 1.60. The third-order valence-electron chi connectivity index (χ3n) is 4.97. The SMILES string of the molecule is CC(C)c1ccc2c(c1)CCN2CC1CCCCC1. The van der Waals surface area contributed by atoms with Gasteiger partial charge in [0, 0.05) is 18.8 Å². The first kappa shape index (κ1) is 13.0. The van der Waals surface area contributed by atoms with Gasteiger partial charge in [0.1, 0.15) is 0 Å². The Hall–Kier alpha value is -0.980. The fourth-order valence-electron chi connectivity index (χ4n) is 3.72. The summed E-state index contributed by atoms with van der Waals surface area (Å²) in [7, 11) is 0. The van der Waals surface area contributed by atoms with Gasteiger partial charge in [-0.1, -0.05) is 45.2 Å². The van der Waals surface area contributed by atoms with Crippen molar-refractivity contribution in [1.82, 2.24) is 0 Å². The van der Waals surface area contributed by atoms with E-state index in [1.54, 1.807) is 5.56 Å². The van der Waals surface area contributed by atoms with Crippen LogP contribution in [0, 0.1) is 5.92 Å². The molecule has 0 saturated heterocycles. The van der Waals surface area contributed by atoms with Gasteiger partial charge in [-0.3, -0.25) is 0 Å². The number of nitrogens with zero attached hydrogens (tertiary/aromatic N) is 1. The minimum Gasteiger partial charge on any atom is -0.371 e. The van der Waals surface area contributed by atoms with Crippen molar-refractivity contribution in [2.45, 2.75) is 58.3 Å². The summed E-state index contributed by atoms with van der Waals surface area (Å²) in [5, 5.41) is 0. The third kappa shape index (κ3) is 2.80. The van der Waals surface area contributed by atoms with E-state index in [4.69, 9.17) is 0 Å². The highest BCUT2D eigenvalue weighted by atomic mass is 15.1. The predicted molar refractivity (Wildman–Crippen MR) is 83.0 cm³/mol. The highest BCUT2D eigenvalue weighted by Gasteiger charge is 2.23. The van der Waals surface area contributed by atoms with Crippen molar-refractivity contribution in [3.05, 3.63) is 29.3 Å². The Bertz CT molecular complexity index is 429. The molecule has 2 aliphatic rings. The largest absolute Gasteiger partial charge is 0.371 e. The number of anilines is 1. The highest BCUT2D eigenvalue weighted by Crippen LogP contribution is 2.33. The first-order chi connectivity index (χ1) is 9.24. The minimum absolute atomic E-state index is 0.651. The average molecular weight is 257 g/mol. The second-order valence-corrected chi connectivity index (χ2v) is 6.74. The Labute approximate surface area is 118 Å². The molecule has 1 fully saturated rings. The monoisotopic (exact) mass is 257 g/mol. The predicted octanol–water partition coefficient (Wildman–Crippen LogP) is 4.75. The Balaban J connectivity index is 1.71. The lowest BCUT2D eigenvalue weighted by atomic mass is 9.89. The van der Waals surface area contributed by atoms with Crippen LogP contribution in [0.4, 0.5) is 5.69 Å². The summed E-state index contributed by atoms with van der Waals surface area (Å²) in [6.45, 7) is 7.12. The van der Waals surface area contributed by atoms with Crippen molar-refractivity contribution in [3.8, 4) is 0 Å². The van der Waals surface area contributed by atoms with Crippen LogP contribution in [0.2, 0.25) is 0 Å². The summed E-state index contributed by atoms with van der Waals surface area (Å²) in [5.41, 5.74) is 4.61. The summed E-state index contributed by atoms with van der Waals surface area (Å²) < 4.78 is 0. The highest BCUT2D eigenvalue weighted by molar-refractivity contribution is 5.59. The van der Waals surface area contributed by atoms with E-state index in [1.165, 1.54) is 62.9 Å². The van der Waals surface area contributed by atoms with Gasteiger partial charge < -0.3 is 4.90 Å². The molecule has 1 aliphatic carbocycles. The maximum Gasteiger partial charge on any atom is 0.0399 e. The molecule has 1 aromatic rings. The van der Waals surface area contributed by atoms with Crippen LogP contribution < -0.4 is 4.90 Å². The number of fused-ring (bicyclic) bond motifs is 1. The molecule has 0 N–H and O–H groups in total. The van der Waals surface area contributed by atoms with Gasteiger partial charge in [0.15, 0.2) is 0 Å². The molecule has 0 atom stereocenters. The number of benzene rings is 1. The van der Waals surface area contributed by atoms with Crippen molar-refractivity contribution in [2.75, 3.05) is 18.0 Å². The molecule has 0 bridgehead atoms. The summed E-state index contributed by atoms with van der Waals surface area (Å²) >= 11 is 0. The molecule has 19 heavy (non-hydrogen) atoms. The van der Waals surface area contributed by atoms with Gasteiger partial charge in [-0.25, -0.2) is 0 Å². The quantitative estimate of drug-likeness (QED) is 0.755. The molecule has 1 saturated carbocycles. The number of rotatable bonds is 3. The lowest BCUT2D eigenvalue weighted by Crippen LogP contribution is -2.28. The Morgan fingerprint density at radius 1 is 1.16 bits per heavy atom. The maximum absolute atomic E-state index is 2.65. The second kappa shape index (κ2) is 5.56. The average Bonchev–Trinajstić information content (AvgIpc) is 2.82. The van der Waals surface area contributed by atoms with Gasteiger partial charge in [-0.15, -0.1) is 0 Å². The number of hydrogen-bond acceptors (Lipinski definition) is 1. The molecule has 0 spiro atoms. The Morgan fingerprint density at radius 2 is 1.95 bits per heavy atom.